The third-order valence-electron chi connectivity index (χ3n) is 1.47. The van der Waals surface area contributed by atoms with Crippen LogP contribution in [-0.4, -0.2) is 17.9 Å². The molecule has 0 aliphatic rings. The van der Waals surface area contributed by atoms with Gasteiger partial charge in [0.15, 0.2) is 6.29 Å². The lowest BCUT2D eigenvalue weighted by molar-refractivity contribution is 0.112. The molecule has 0 N–H and O–H groups in total. The normalized spacial score (nSPS) is 9.50. The van der Waals surface area contributed by atoms with E-state index in [4.69, 9.17) is 4.74 Å². The highest BCUT2D eigenvalue weighted by molar-refractivity contribution is 5.74. The number of carbonyl (C=O) groups excluding carboxylic acids is 1. The number of rotatable bonds is 3. The van der Waals surface area contributed by atoms with E-state index in [-0.39, 0.29) is 0 Å². The van der Waals surface area contributed by atoms with Crippen molar-refractivity contribution in [1.29, 1.82) is 0 Å². The minimum Gasteiger partial charge on any atom is -0.478 e. The van der Waals surface area contributed by atoms with Crippen LogP contribution < -0.4 is 4.74 Å². The second-order valence-corrected chi connectivity index (χ2v) is 2.44. The van der Waals surface area contributed by atoms with Crippen molar-refractivity contribution in [2.45, 2.75) is 13.8 Å². The van der Waals surface area contributed by atoms with Crippen molar-refractivity contribution < 1.29 is 9.53 Å². The highest BCUT2D eigenvalue weighted by Crippen LogP contribution is 2.13. The molecule has 0 aromatic carbocycles. The minimum atomic E-state index is 0.580. The van der Waals surface area contributed by atoms with Gasteiger partial charge in [0.2, 0.25) is 5.88 Å². The van der Waals surface area contributed by atoms with E-state index in [1.54, 1.807) is 6.07 Å². The van der Waals surface area contributed by atoms with E-state index in [9.17, 15) is 4.79 Å². The van der Waals surface area contributed by atoms with Gasteiger partial charge < -0.3 is 4.74 Å². The Balaban J connectivity index is 2.94. The molecule has 64 valence electrons. The summed E-state index contributed by atoms with van der Waals surface area (Å²) in [5.74, 6) is 0.600. The van der Waals surface area contributed by atoms with Gasteiger partial charge in [-0.3, -0.25) is 4.79 Å². The van der Waals surface area contributed by atoms with E-state index in [1.807, 2.05) is 13.8 Å². The number of aldehydes is 1. The van der Waals surface area contributed by atoms with Gasteiger partial charge in [0, 0.05) is 17.3 Å². The number of hydrogen-bond donors (Lipinski definition) is 0. The quantitative estimate of drug-likeness (QED) is 0.638. The van der Waals surface area contributed by atoms with E-state index in [2.05, 4.69) is 4.98 Å². The molecule has 1 heterocycles. The summed E-state index contributed by atoms with van der Waals surface area (Å²) in [5.41, 5.74) is 1.47. The zero-order chi connectivity index (χ0) is 8.97. The Morgan fingerprint density at radius 1 is 1.67 bits per heavy atom. The molecule has 0 fully saturated rings. The SMILES string of the molecule is CCOc1ncc(C=O)cc1C. The molecule has 0 saturated carbocycles. The van der Waals surface area contributed by atoms with Crippen LogP contribution in [0, 0.1) is 6.92 Å². The van der Waals surface area contributed by atoms with Crippen molar-refractivity contribution in [3.05, 3.63) is 23.4 Å². The lowest BCUT2D eigenvalue weighted by Gasteiger charge is -2.04. The molecule has 3 nitrogen and oxygen atoms in total. The number of carbonyl (C=O) groups is 1. The summed E-state index contributed by atoms with van der Waals surface area (Å²) < 4.78 is 5.21. The summed E-state index contributed by atoms with van der Waals surface area (Å²) in [4.78, 5) is 14.3. The van der Waals surface area contributed by atoms with E-state index < -0.39 is 0 Å². The number of pyridine rings is 1. The van der Waals surface area contributed by atoms with Gasteiger partial charge in [-0.1, -0.05) is 0 Å². The molecule has 0 aliphatic carbocycles. The summed E-state index contributed by atoms with van der Waals surface area (Å²) in [6.45, 7) is 4.36. The number of hydrogen-bond acceptors (Lipinski definition) is 3. The summed E-state index contributed by atoms with van der Waals surface area (Å²) in [6, 6.07) is 1.75. The second-order valence-electron chi connectivity index (χ2n) is 2.44. The number of ether oxygens (including phenoxy) is 1. The standard InChI is InChI=1S/C9H11NO2/c1-3-12-9-7(2)4-8(6-11)5-10-9/h4-6H,3H2,1-2H3. The lowest BCUT2D eigenvalue weighted by atomic mass is 10.2. The Hall–Kier alpha value is -1.38. The van der Waals surface area contributed by atoms with Crippen molar-refractivity contribution in [2.75, 3.05) is 6.61 Å². The smallest absolute Gasteiger partial charge is 0.216 e. The van der Waals surface area contributed by atoms with Gasteiger partial charge in [0.1, 0.15) is 0 Å². The molecular weight excluding hydrogens is 154 g/mol. The predicted octanol–water partition coefficient (Wildman–Crippen LogP) is 1.60. The topological polar surface area (TPSA) is 39.2 Å². The van der Waals surface area contributed by atoms with Gasteiger partial charge >= 0.3 is 0 Å². The van der Waals surface area contributed by atoms with Crippen LogP contribution in [0.4, 0.5) is 0 Å². The second kappa shape index (κ2) is 3.85. The molecule has 0 radical (unpaired) electrons. The fourth-order valence-corrected chi connectivity index (χ4v) is 0.936. The summed E-state index contributed by atoms with van der Waals surface area (Å²) in [6.07, 6.45) is 2.28. The molecule has 0 aliphatic heterocycles. The van der Waals surface area contributed by atoms with E-state index in [0.29, 0.717) is 18.1 Å². The first-order valence-corrected chi connectivity index (χ1v) is 3.82. The van der Waals surface area contributed by atoms with Crippen LogP contribution in [0.15, 0.2) is 12.3 Å². The van der Waals surface area contributed by atoms with Crippen LogP contribution in [0.25, 0.3) is 0 Å². The fraction of sp³-hybridized carbons (Fsp3) is 0.333. The van der Waals surface area contributed by atoms with Gasteiger partial charge in [-0.15, -0.1) is 0 Å². The van der Waals surface area contributed by atoms with E-state index >= 15 is 0 Å². The molecule has 0 amide bonds. The van der Waals surface area contributed by atoms with Crippen LogP contribution in [0.3, 0.4) is 0 Å². The zero-order valence-electron chi connectivity index (χ0n) is 7.20. The summed E-state index contributed by atoms with van der Waals surface area (Å²) in [7, 11) is 0. The van der Waals surface area contributed by atoms with Gasteiger partial charge in [0.05, 0.1) is 6.61 Å². The van der Waals surface area contributed by atoms with Crippen molar-refractivity contribution in [3.63, 3.8) is 0 Å². The van der Waals surface area contributed by atoms with E-state index in [0.717, 1.165) is 11.8 Å². The monoisotopic (exact) mass is 165 g/mol. The van der Waals surface area contributed by atoms with Crippen molar-refractivity contribution in [3.8, 4) is 5.88 Å². The maximum atomic E-state index is 10.3. The molecular formula is C9H11NO2. The Bertz CT molecular complexity index is 284. The average molecular weight is 165 g/mol. The first-order chi connectivity index (χ1) is 5.77. The van der Waals surface area contributed by atoms with Crippen LogP contribution in [0.5, 0.6) is 5.88 Å². The Morgan fingerprint density at radius 2 is 2.42 bits per heavy atom. The van der Waals surface area contributed by atoms with Gasteiger partial charge in [0.25, 0.3) is 0 Å². The molecule has 1 rings (SSSR count). The third kappa shape index (κ3) is 1.81. The molecule has 1 aromatic heterocycles. The highest BCUT2D eigenvalue weighted by Gasteiger charge is 2.00. The maximum Gasteiger partial charge on any atom is 0.216 e. The fourth-order valence-electron chi connectivity index (χ4n) is 0.936. The molecule has 0 atom stereocenters. The van der Waals surface area contributed by atoms with Crippen LogP contribution in [-0.2, 0) is 0 Å². The van der Waals surface area contributed by atoms with Gasteiger partial charge in [-0.05, 0) is 19.9 Å². The minimum absolute atomic E-state index is 0.580. The van der Waals surface area contributed by atoms with Crippen LogP contribution >= 0.6 is 0 Å². The van der Waals surface area contributed by atoms with Gasteiger partial charge in [-0.25, -0.2) is 4.98 Å². The number of aromatic nitrogens is 1. The molecule has 0 spiro atoms. The van der Waals surface area contributed by atoms with E-state index in [1.165, 1.54) is 6.20 Å². The predicted molar refractivity (Wildman–Crippen MR) is 45.5 cm³/mol. The molecule has 0 unspecified atom stereocenters. The Labute approximate surface area is 71.4 Å². The summed E-state index contributed by atoms with van der Waals surface area (Å²) in [5, 5.41) is 0. The highest BCUT2D eigenvalue weighted by atomic mass is 16.5. The molecule has 0 saturated heterocycles. The zero-order valence-corrected chi connectivity index (χ0v) is 7.20. The van der Waals surface area contributed by atoms with Crippen molar-refractivity contribution >= 4 is 6.29 Å². The maximum absolute atomic E-state index is 10.3. The van der Waals surface area contributed by atoms with Crippen molar-refractivity contribution in [1.82, 2.24) is 4.98 Å². The number of aryl methyl sites for hydroxylation is 1. The molecule has 0 bridgehead atoms. The largest absolute Gasteiger partial charge is 0.478 e. The van der Waals surface area contributed by atoms with Crippen molar-refractivity contribution in [2.24, 2.45) is 0 Å². The Morgan fingerprint density at radius 3 is 2.92 bits per heavy atom. The van der Waals surface area contributed by atoms with Crippen LogP contribution in [0.2, 0.25) is 0 Å². The molecule has 3 heteroatoms. The van der Waals surface area contributed by atoms with Crippen LogP contribution in [0.1, 0.15) is 22.8 Å². The summed E-state index contributed by atoms with van der Waals surface area (Å²) >= 11 is 0. The Kier molecular flexibility index (Phi) is 2.80. The molecule has 1 aromatic rings. The third-order valence-corrected chi connectivity index (χ3v) is 1.47. The number of nitrogens with zero attached hydrogens (tertiary/aromatic N) is 1. The lowest BCUT2D eigenvalue weighted by Crippen LogP contribution is -1.97. The first-order valence-electron chi connectivity index (χ1n) is 3.82. The first kappa shape index (κ1) is 8.71. The van der Waals surface area contributed by atoms with Gasteiger partial charge in [-0.2, -0.15) is 0 Å². The molecule has 12 heavy (non-hydrogen) atoms. The average Bonchev–Trinajstić information content (AvgIpc) is 2.09.